The number of unbranched alkanes of at least 4 members (excludes halogenated alkanes) is 4. The molecule has 0 radical (unpaired) electrons. The molecule has 2 N–H and O–H groups in total. The van der Waals surface area contributed by atoms with Gasteiger partial charge in [-0.05, 0) is 19.4 Å². The van der Waals surface area contributed by atoms with Gasteiger partial charge in [0.05, 0.1) is 0 Å². The van der Waals surface area contributed by atoms with E-state index in [1.807, 2.05) is 0 Å². The first-order valence-electron chi connectivity index (χ1n) is 5.28. The van der Waals surface area contributed by atoms with Crippen molar-refractivity contribution in [3.05, 3.63) is 12.7 Å². The minimum Gasteiger partial charge on any atom is -0.390 e. The molecule has 0 spiro atoms. The van der Waals surface area contributed by atoms with E-state index in [1.54, 1.807) is 0 Å². The molecule has 0 aliphatic rings. The number of hydrogen-bond donors (Lipinski definition) is 1. The second-order valence-electron chi connectivity index (χ2n) is 3.30. The Bertz CT molecular complexity index is 214. The van der Waals surface area contributed by atoms with Gasteiger partial charge in [-0.2, -0.15) is 0 Å². The first-order valence-corrected chi connectivity index (χ1v) is 5.28. The summed E-state index contributed by atoms with van der Waals surface area (Å²) < 4.78 is 4.41. The van der Waals surface area contributed by atoms with Crippen LogP contribution in [0.2, 0.25) is 0 Å². The molecule has 0 heterocycles. The minimum absolute atomic E-state index is 0.294. The molecule has 0 amide bonds. The number of carbonyl (C=O) groups excluding carboxylic acids is 2. The van der Waals surface area contributed by atoms with Crippen LogP contribution in [0.1, 0.15) is 38.5 Å². The summed E-state index contributed by atoms with van der Waals surface area (Å²) in [6.45, 7) is 3.92. The molecule has 0 aromatic heterocycles. The molecule has 0 aliphatic heterocycles. The van der Waals surface area contributed by atoms with Crippen LogP contribution in [0, 0.1) is 0 Å². The fourth-order valence-corrected chi connectivity index (χ4v) is 1.15. The predicted octanol–water partition coefficient (Wildman–Crippen LogP) is 1.54. The Morgan fingerprint density at radius 2 is 1.73 bits per heavy atom. The highest BCUT2D eigenvalue weighted by atomic mass is 16.6. The van der Waals surface area contributed by atoms with Crippen LogP contribution >= 0.6 is 0 Å². The van der Waals surface area contributed by atoms with Crippen LogP contribution in [0.4, 0.5) is 0 Å². The molecule has 86 valence electrons. The van der Waals surface area contributed by atoms with Gasteiger partial charge in [-0.15, -0.1) is 0 Å². The molecule has 0 fully saturated rings. The second kappa shape index (κ2) is 9.40. The number of ether oxygens (including phenoxy) is 1. The van der Waals surface area contributed by atoms with E-state index in [1.165, 1.54) is 0 Å². The standard InChI is InChI=1S/C11H19NO3/c1-2-10(13)15-11(14)8-6-4-3-5-7-9-12/h2H,1,3-9,12H2. The van der Waals surface area contributed by atoms with Crippen LogP contribution in [0.25, 0.3) is 0 Å². The number of rotatable bonds is 8. The lowest BCUT2D eigenvalue weighted by molar-refractivity contribution is -0.156. The predicted molar refractivity (Wildman–Crippen MR) is 58.1 cm³/mol. The Kier molecular flexibility index (Phi) is 8.67. The van der Waals surface area contributed by atoms with E-state index in [0.717, 1.165) is 44.7 Å². The highest BCUT2D eigenvalue weighted by molar-refractivity contribution is 5.91. The lowest BCUT2D eigenvalue weighted by Crippen LogP contribution is -2.09. The Morgan fingerprint density at radius 3 is 2.33 bits per heavy atom. The van der Waals surface area contributed by atoms with Crippen molar-refractivity contribution in [3.63, 3.8) is 0 Å². The van der Waals surface area contributed by atoms with E-state index < -0.39 is 11.9 Å². The summed E-state index contributed by atoms with van der Waals surface area (Å²) in [5, 5.41) is 0. The van der Waals surface area contributed by atoms with Crippen LogP contribution in [0.15, 0.2) is 12.7 Å². The van der Waals surface area contributed by atoms with Gasteiger partial charge in [-0.1, -0.05) is 25.8 Å². The van der Waals surface area contributed by atoms with Crippen molar-refractivity contribution in [3.8, 4) is 0 Å². The van der Waals surface area contributed by atoms with E-state index in [9.17, 15) is 9.59 Å². The molecule has 0 bridgehead atoms. The zero-order chi connectivity index (χ0) is 11.5. The molecule has 0 aromatic rings. The van der Waals surface area contributed by atoms with Crippen LogP contribution in [0.5, 0.6) is 0 Å². The third kappa shape index (κ3) is 9.15. The van der Waals surface area contributed by atoms with E-state index in [-0.39, 0.29) is 0 Å². The summed E-state index contributed by atoms with van der Waals surface area (Å²) in [6, 6.07) is 0. The summed E-state index contributed by atoms with van der Waals surface area (Å²) in [6.07, 6.45) is 6.20. The third-order valence-corrected chi connectivity index (χ3v) is 1.97. The summed E-state index contributed by atoms with van der Waals surface area (Å²) in [4.78, 5) is 21.6. The van der Waals surface area contributed by atoms with Crippen molar-refractivity contribution in [1.82, 2.24) is 0 Å². The van der Waals surface area contributed by atoms with Crippen LogP contribution in [-0.2, 0) is 14.3 Å². The molecule has 0 aromatic carbocycles. The van der Waals surface area contributed by atoms with Gasteiger partial charge in [0.2, 0.25) is 0 Å². The average Bonchev–Trinajstić information content (AvgIpc) is 2.23. The summed E-state index contributed by atoms with van der Waals surface area (Å²) >= 11 is 0. The van der Waals surface area contributed by atoms with Crippen molar-refractivity contribution in [1.29, 1.82) is 0 Å². The van der Waals surface area contributed by atoms with Gasteiger partial charge in [0, 0.05) is 12.5 Å². The Morgan fingerprint density at radius 1 is 1.13 bits per heavy atom. The van der Waals surface area contributed by atoms with E-state index >= 15 is 0 Å². The van der Waals surface area contributed by atoms with Gasteiger partial charge in [0.1, 0.15) is 0 Å². The SMILES string of the molecule is C=CC(=O)OC(=O)CCCCCCCN. The quantitative estimate of drug-likeness (QED) is 0.287. The molecular weight excluding hydrogens is 194 g/mol. The third-order valence-electron chi connectivity index (χ3n) is 1.97. The van der Waals surface area contributed by atoms with Gasteiger partial charge in [-0.3, -0.25) is 4.79 Å². The largest absolute Gasteiger partial charge is 0.390 e. The minimum atomic E-state index is -0.678. The van der Waals surface area contributed by atoms with Crippen molar-refractivity contribution in [2.45, 2.75) is 38.5 Å². The highest BCUT2D eigenvalue weighted by Gasteiger charge is 2.05. The van der Waals surface area contributed by atoms with Gasteiger partial charge >= 0.3 is 11.9 Å². The maximum Gasteiger partial charge on any atom is 0.337 e. The molecule has 0 atom stereocenters. The zero-order valence-electron chi connectivity index (χ0n) is 9.04. The molecule has 0 aliphatic carbocycles. The smallest absolute Gasteiger partial charge is 0.337 e. The van der Waals surface area contributed by atoms with Crippen LogP contribution in [-0.4, -0.2) is 18.5 Å². The van der Waals surface area contributed by atoms with Crippen molar-refractivity contribution in [2.75, 3.05) is 6.54 Å². The fraction of sp³-hybridized carbons (Fsp3) is 0.636. The van der Waals surface area contributed by atoms with Gasteiger partial charge in [0.25, 0.3) is 0 Å². The maximum absolute atomic E-state index is 11.0. The van der Waals surface area contributed by atoms with Crippen molar-refractivity contribution < 1.29 is 14.3 Å². The Balaban J connectivity index is 3.31. The number of carbonyl (C=O) groups is 2. The number of nitrogens with two attached hydrogens (primary N) is 1. The van der Waals surface area contributed by atoms with Gasteiger partial charge in [-0.25, -0.2) is 4.79 Å². The monoisotopic (exact) mass is 213 g/mol. The summed E-state index contributed by atoms with van der Waals surface area (Å²) in [5.74, 6) is -1.15. The second-order valence-corrected chi connectivity index (χ2v) is 3.30. The van der Waals surface area contributed by atoms with Gasteiger partial charge in [0.15, 0.2) is 0 Å². The summed E-state index contributed by atoms with van der Waals surface area (Å²) in [7, 11) is 0. The lowest BCUT2D eigenvalue weighted by Gasteiger charge is -2.00. The van der Waals surface area contributed by atoms with Gasteiger partial charge < -0.3 is 10.5 Å². The molecule has 0 rings (SSSR count). The maximum atomic E-state index is 11.0. The average molecular weight is 213 g/mol. The lowest BCUT2D eigenvalue weighted by atomic mass is 10.1. The molecule has 0 saturated heterocycles. The van der Waals surface area contributed by atoms with Crippen LogP contribution in [0.3, 0.4) is 0 Å². The first kappa shape index (κ1) is 13.8. The van der Waals surface area contributed by atoms with E-state index in [2.05, 4.69) is 11.3 Å². The Hall–Kier alpha value is -1.16. The first-order chi connectivity index (χ1) is 7.20. The molecular formula is C11H19NO3. The normalized spacial score (nSPS) is 9.67. The molecule has 0 saturated carbocycles. The van der Waals surface area contributed by atoms with E-state index in [0.29, 0.717) is 6.42 Å². The zero-order valence-corrected chi connectivity index (χ0v) is 9.04. The fourth-order valence-electron chi connectivity index (χ4n) is 1.15. The Labute approximate surface area is 90.5 Å². The summed E-state index contributed by atoms with van der Waals surface area (Å²) in [5.41, 5.74) is 5.34. The molecule has 4 heteroatoms. The highest BCUT2D eigenvalue weighted by Crippen LogP contribution is 2.05. The molecule has 15 heavy (non-hydrogen) atoms. The topological polar surface area (TPSA) is 69.4 Å². The van der Waals surface area contributed by atoms with Crippen molar-refractivity contribution in [2.24, 2.45) is 5.73 Å². The van der Waals surface area contributed by atoms with Crippen molar-refractivity contribution >= 4 is 11.9 Å². The van der Waals surface area contributed by atoms with Crippen LogP contribution < -0.4 is 5.73 Å². The number of hydrogen-bond acceptors (Lipinski definition) is 4. The molecule has 0 unspecified atom stereocenters. The van der Waals surface area contributed by atoms with E-state index in [4.69, 9.17) is 5.73 Å². The number of esters is 2. The molecule has 4 nitrogen and oxygen atoms in total.